The van der Waals surface area contributed by atoms with Gasteiger partial charge in [-0.3, -0.25) is 19.3 Å². The lowest BCUT2D eigenvalue weighted by Gasteiger charge is -2.22. The van der Waals surface area contributed by atoms with Crippen molar-refractivity contribution in [1.82, 2.24) is 15.5 Å². The second-order valence-corrected chi connectivity index (χ2v) is 7.82. The number of ether oxygens (including phenoxy) is 1. The molecule has 1 aromatic carbocycles. The average Bonchev–Trinajstić information content (AvgIpc) is 3.49. The zero-order chi connectivity index (χ0) is 21.0. The number of nitrogens with one attached hydrogen (secondary N) is 2. The molecule has 4 amide bonds. The van der Waals surface area contributed by atoms with E-state index < -0.39 is 42.0 Å². The first kappa shape index (κ1) is 20.8. The van der Waals surface area contributed by atoms with Gasteiger partial charge in [-0.1, -0.05) is 50.1 Å². The Bertz CT molecular complexity index is 793. The fourth-order valence-electron chi connectivity index (χ4n) is 3.29. The maximum atomic E-state index is 12.7. The van der Waals surface area contributed by atoms with Crippen LogP contribution in [0.2, 0.25) is 0 Å². The van der Waals surface area contributed by atoms with Gasteiger partial charge in [-0.05, 0) is 26.2 Å². The van der Waals surface area contributed by atoms with E-state index in [1.165, 1.54) is 0 Å². The molecular weight excluding hydrogens is 374 g/mol. The molecule has 2 aliphatic rings. The molecule has 2 atom stereocenters. The number of amides is 4. The summed E-state index contributed by atoms with van der Waals surface area (Å²) < 4.78 is 5.41. The molecule has 0 unspecified atom stereocenters. The molecule has 0 spiro atoms. The minimum Gasteiger partial charge on any atom is -0.446 e. The van der Waals surface area contributed by atoms with Crippen molar-refractivity contribution in [2.45, 2.75) is 63.6 Å². The van der Waals surface area contributed by atoms with E-state index in [0.29, 0.717) is 12.0 Å². The maximum Gasteiger partial charge on any atom is 0.327 e. The van der Waals surface area contributed by atoms with E-state index in [1.807, 2.05) is 6.92 Å². The fourth-order valence-corrected chi connectivity index (χ4v) is 3.29. The molecule has 156 valence electrons. The molecule has 3 rings (SSSR count). The van der Waals surface area contributed by atoms with Crippen LogP contribution < -0.4 is 10.6 Å². The maximum absolute atomic E-state index is 12.7. The molecule has 8 heteroatoms. The first-order valence-electron chi connectivity index (χ1n) is 10.0. The molecule has 1 saturated heterocycles. The summed E-state index contributed by atoms with van der Waals surface area (Å²) in [5.41, 5.74) is -0.487. The number of unbranched alkanes of at least 4 members (excludes halogenated alkanes) is 1. The van der Waals surface area contributed by atoms with Crippen LogP contribution in [0.25, 0.3) is 0 Å². The molecule has 1 aliphatic heterocycles. The average molecular weight is 401 g/mol. The van der Waals surface area contributed by atoms with Crippen molar-refractivity contribution in [3.05, 3.63) is 35.9 Å². The second-order valence-electron chi connectivity index (χ2n) is 7.82. The molecule has 1 aliphatic carbocycles. The number of hydrogen-bond acceptors (Lipinski definition) is 5. The number of hydrogen-bond donors (Lipinski definition) is 2. The van der Waals surface area contributed by atoms with Crippen LogP contribution in [0.5, 0.6) is 0 Å². The summed E-state index contributed by atoms with van der Waals surface area (Å²) in [6.45, 7) is 3.12. The molecule has 2 N–H and O–H groups in total. The monoisotopic (exact) mass is 401 g/mol. The first-order valence-corrected chi connectivity index (χ1v) is 10.0. The zero-order valence-corrected chi connectivity index (χ0v) is 16.8. The standard InChI is InChI=1S/C21H27N3O5/c1-3-4-12-21(2)19(27)24(20(28)23-21)13-16(25)29-17(14-8-6-5-7-9-14)18(26)22-15-10-11-15/h5-9,15,17H,3-4,10-13H2,1-2H3,(H,22,26)(H,23,28)/t17-,21-/m0/s1. The third-order valence-corrected chi connectivity index (χ3v) is 5.18. The molecule has 0 radical (unpaired) electrons. The number of nitrogens with zero attached hydrogens (tertiary/aromatic N) is 1. The van der Waals surface area contributed by atoms with Gasteiger partial charge >= 0.3 is 12.0 Å². The van der Waals surface area contributed by atoms with Crippen LogP contribution >= 0.6 is 0 Å². The lowest BCUT2D eigenvalue weighted by Crippen LogP contribution is -2.44. The lowest BCUT2D eigenvalue weighted by atomic mass is 9.95. The number of carbonyl (C=O) groups excluding carboxylic acids is 4. The van der Waals surface area contributed by atoms with Crippen LogP contribution in [0.3, 0.4) is 0 Å². The van der Waals surface area contributed by atoms with Crippen LogP contribution in [0.1, 0.15) is 57.6 Å². The van der Waals surface area contributed by atoms with Crippen LogP contribution in [-0.4, -0.2) is 46.8 Å². The quantitative estimate of drug-likeness (QED) is 0.487. The Labute approximate surface area is 170 Å². The second kappa shape index (κ2) is 8.63. The molecule has 1 aromatic rings. The Balaban J connectivity index is 1.67. The molecule has 29 heavy (non-hydrogen) atoms. The van der Waals surface area contributed by atoms with Gasteiger partial charge in [-0.25, -0.2) is 4.79 Å². The SMILES string of the molecule is CCCC[C@]1(C)NC(=O)N(CC(=O)O[C@H](C(=O)NC2CC2)c2ccccc2)C1=O. The molecule has 8 nitrogen and oxygen atoms in total. The third kappa shape index (κ3) is 4.93. The van der Waals surface area contributed by atoms with Crippen molar-refractivity contribution in [3.63, 3.8) is 0 Å². The van der Waals surface area contributed by atoms with Gasteiger partial charge in [0.25, 0.3) is 11.8 Å². The van der Waals surface area contributed by atoms with E-state index in [9.17, 15) is 19.2 Å². The summed E-state index contributed by atoms with van der Waals surface area (Å²) in [5.74, 6) is -1.67. The van der Waals surface area contributed by atoms with Crippen molar-refractivity contribution in [2.24, 2.45) is 0 Å². The highest BCUT2D eigenvalue weighted by molar-refractivity contribution is 6.08. The number of benzene rings is 1. The highest BCUT2D eigenvalue weighted by Crippen LogP contribution is 2.25. The molecule has 1 heterocycles. The highest BCUT2D eigenvalue weighted by Gasteiger charge is 2.48. The predicted octanol–water partition coefficient (Wildman–Crippen LogP) is 2.05. The van der Waals surface area contributed by atoms with E-state index in [-0.39, 0.29) is 6.04 Å². The lowest BCUT2D eigenvalue weighted by molar-refractivity contribution is -0.158. The van der Waals surface area contributed by atoms with Gasteiger partial charge in [0.2, 0.25) is 6.10 Å². The number of rotatable bonds is 9. The molecule has 0 aromatic heterocycles. The summed E-state index contributed by atoms with van der Waals surface area (Å²) in [5, 5.41) is 5.49. The molecule has 1 saturated carbocycles. The Hall–Kier alpha value is -2.90. The predicted molar refractivity (Wildman–Crippen MR) is 105 cm³/mol. The largest absolute Gasteiger partial charge is 0.446 e. The summed E-state index contributed by atoms with van der Waals surface area (Å²) in [7, 11) is 0. The molecule has 0 bridgehead atoms. The Morgan fingerprint density at radius 3 is 2.59 bits per heavy atom. The number of urea groups is 1. The van der Waals surface area contributed by atoms with E-state index in [1.54, 1.807) is 37.3 Å². The van der Waals surface area contributed by atoms with E-state index >= 15 is 0 Å². The van der Waals surface area contributed by atoms with Gasteiger partial charge < -0.3 is 15.4 Å². The van der Waals surface area contributed by atoms with Crippen molar-refractivity contribution >= 4 is 23.8 Å². The van der Waals surface area contributed by atoms with Crippen molar-refractivity contribution in [1.29, 1.82) is 0 Å². The zero-order valence-electron chi connectivity index (χ0n) is 16.8. The van der Waals surface area contributed by atoms with Crippen LogP contribution in [0.4, 0.5) is 4.79 Å². The van der Waals surface area contributed by atoms with Gasteiger partial charge in [-0.15, -0.1) is 0 Å². The Morgan fingerprint density at radius 1 is 1.28 bits per heavy atom. The van der Waals surface area contributed by atoms with E-state index in [2.05, 4.69) is 10.6 Å². The Kier molecular flexibility index (Phi) is 6.20. The fraction of sp³-hybridized carbons (Fsp3) is 0.524. The smallest absolute Gasteiger partial charge is 0.327 e. The molecular formula is C21H27N3O5. The summed E-state index contributed by atoms with van der Waals surface area (Å²) in [4.78, 5) is 50.9. The van der Waals surface area contributed by atoms with Gasteiger partial charge in [0.15, 0.2) is 0 Å². The van der Waals surface area contributed by atoms with Gasteiger partial charge in [0, 0.05) is 11.6 Å². The summed E-state index contributed by atoms with van der Waals surface area (Å²) in [6.07, 6.45) is 2.83. The molecule has 2 fully saturated rings. The Morgan fingerprint density at radius 2 is 1.97 bits per heavy atom. The minimum atomic E-state index is -1.13. The van der Waals surface area contributed by atoms with Crippen LogP contribution in [0, 0.1) is 0 Å². The minimum absolute atomic E-state index is 0.109. The topological polar surface area (TPSA) is 105 Å². The number of imide groups is 1. The van der Waals surface area contributed by atoms with Crippen LogP contribution in [0.15, 0.2) is 30.3 Å². The summed E-state index contributed by atoms with van der Waals surface area (Å²) in [6, 6.07) is 8.17. The van der Waals surface area contributed by atoms with Crippen molar-refractivity contribution in [2.75, 3.05) is 6.54 Å². The van der Waals surface area contributed by atoms with E-state index in [0.717, 1.165) is 30.6 Å². The van der Waals surface area contributed by atoms with Gasteiger partial charge in [0.05, 0.1) is 0 Å². The van der Waals surface area contributed by atoms with E-state index in [4.69, 9.17) is 4.74 Å². The van der Waals surface area contributed by atoms with Crippen molar-refractivity contribution in [3.8, 4) is 0 Å². The van der Waals surface area contributed by atoms with Crippen molar-refractivity contribution < 1.29 is 23.9 Å². The number of esters is 1. The van der Waals surface area contributed by atoms with Gasteiger partial charge in [0.1, 0.15) is 12.1 Å². The summed E-state index contributed by atoms with van der Waals surface area (Å²) >= 11 is 0. The van der Waals surface area contributed by atoms with Gasteiger partial charge in [-0.2, -0.15) is 0 Å². The normalized spacial score (nSPS) is 22.2. The van der Waals surface area contributed by atoms with Crippen LogP contribution in [-0.2, 0) is 19.1 Å². The third-order valence-electron chi connectivity index (χ3n) is 5.18. The highest BCUT2D eigenvalue weighted by atomic mass is 16.5. The number of carbonyl (C=O) groups is 4. The first-order chi connectivity index (χ1) is 13.8.